The normalized spacial score (nSPS) is 10.2. The number of amides is 1. The lowest BCUT2D eigenvalue weighted by molar-refractivity contribution is 0.0948. The van der Waals surface area contributed by atoms with Crippen LogP contribution in [0.3, 0.4) is 0 Å². The molecule has 7 heteroatoms. The number of nitrogens with two attached hydrogens (primary N) is 1. The van der Waals surface area contributed by atoms with Crippen molar-refractivity contribution in [2.45, 2.75) is 0 Å². The zero-order valence-corrected chi connectivity index (χ0v) is 11.4. The van der Waals surface area contributed by atoms with Crippen LogP contribution in [0.5, 0.6) is 0 Å². The van der Waals surface area contributed by atoms with Crippen molar-refractivity contribution in [1.29, 1.82) is 5.26 Å². The van der Waals surface area contributed by atoms with E-state index in [1.807, 2.05) is 41.8 Å². The Morgan fingerprint density at radius 3 is 2.64 bits per heavy atom. The van der Waals surface area contributed by atoms with Gasteiger partial charge in [0.2, 0.25) is 0 Å². The first-order valence-corrected chi connectivity index (χ1v) is 6.39. The topological polar surface area (TPSA) is 110 Å². The highest BCUT2D eigenvalue weighted by molar-refractivity contribution is 5.96. The molecule has 1 amide bonds. The number of carbonyl (C=O) groups is 1. The Morgan fingerprint density at radius 1 is 1.27 bits per heavy atom. The summed E-state index contributed by atoms with van der Waals surface area (Å²) in [6, 6.07) is 14.5. The van der Waals surface area contributed by atoms with E-state index in [1.54, 1.807) is 12.1 Å². The Labute approximate surface area is 125 Å². The van der Waals surface area contributed by atoms with Crippen molar-refractivity contribution in [2.75, 3.05) is 0 Å². The molecule has 0 aliphatic heterocycles. The maximum absolute atomic E-state index is 11.9. The van der Waals surface area contributed by atoms with Crippen LogP contribution in [0.4, 0.5) is 0 Å². The first-order valence-electron chi connectivity index (χ1n) is 6.39. The second kappa shape index (κ2) is 5.55. The number of para-hydroxylation sites is 1. The SMILES string of the molecule is N#Cc1c(C(=O)NN)nn(-c2ccccc2)c1-c1ccco1. The van der Waals surface area contributed by atoms with Gasteiger partial charge in [-0.05, 0) is 24.3 Å². The van der Waals surface area contributed by atoms with E-state index in [4.69, 9.17) is 10.3 Å². The molecule has 0 aliphatic rings. The van der Waals surface area contributed by atoms with Gasteiger partial charge in [0.05, 0.1) is 12.0 Å². The third kappa shape index (κ3) is 2.13. The predicted molar refractivity (Wildman–Crippen MR) is 77.6 cm³/mol. The number of furan rings is 1. The molecular weight excluding hydrogens is 282 g/mol. The van der Waals surface area contributed by atoms with Crippen LogP contribution < -0.4 is 11.3 Å². The molecule has 0 fully saturated rings. The van der Waals surface area contributed by atoms with Crippen LogP contribution in [0.25, 0.3) is 17.1 Å². The van der Waals surface area contributed by atoms with Crippen LogP contribution in [-0.4, -0.2) is 15.7 Å². The highest BCUT2D eigenvalue weighted by Crippen LogP contribution is 2.29. The summed E-state index contributed by atoms with van der Waals surface area (Å²) in [6.45, 7) is 0. The van der Waals surface area contributed by atoms with E-state index in [1.165, 1.54) is 10.9 Å². The third-order valence-electron chi connectivity index (χ3n) is 3.10. The molecule has 0 atom stereocenters. The van der Waals surface area contributed by atoms with E-state index in [0.717, 1.165) is 0 Å². The summed E-state index contributed by atoms with van der Waals surface area (Å²) in [5, 5.41) is 13.7. The third-order valence-corrected chi connectivity index (χ3v) is 3.10. The summed E-state index contributed by atoms with van der Waals surface area (Å²) in [5.41, 5.74) is 3.14. The fourth-order valence-electron chi connectivity index (χ4n) is 2.15. The number of nitrogens with one attached hydrogen (secondary N) is 1. The quantitative estimate of drug-likeness (QED) is 0.433. The van der Waals surface area contributed by atoms with Gasteiger partial charge < -0.3 is 4.42 Å². The summed E-state index contributed by atoms with van der Waals surface area (Å²) in [4.78, 5) is 11.9. The molecular formula is C15H11N5O2. The van der Waals surface area contributed by atoms with Gasteiger partial charge >= 0.3 is 0 Å². The predicted octanol–water partition coefficient (Wildman–Crippen LogP) is 1.61. The van der Waals surface area contributed by atoms with E-state index in [2.05, 4.69) is 5.10 Å². The molecule has 0 unspecified atom stereocenters. The molecule has 0 saturated carbocycles. The van der Waals surface area contributed by atoms with Crippen LogP contribution in [-0.2, 0) is 0 Å². The number of benzene rings is 1. The van der Waals surface area contributed by atoms with E-state index in [-0.39, 0.29) is 11.3 Å². The van der Waals surface area contributed by atoms with Crippen molar-refractivity contribution in [1.82, 2.24) is 15.2 Å². The number of aromatic nitrogens is 2. The Morgan fingerprint density at radius 2 is 2.05 bits per heavy atom. The van der Waals surface area contributed by atoms with Crippen LogP contribution >= 0.6 is 0 Å². The summed E-state index contributed by atoms with van der Waals surface area (Å²) in [7, 11) is 0. The second-order valence-electron chi connectivity index (χ2n) is 4.38. The number of hydrogen-bond acceptors (Lipinski definition) is 5. The number of nitrogens with zero attached hydrogens (tertiary/aromatic N) is 3. The minimum absolute atomic E-state index is 0.0553. The molecule has 3 aromatic rings. The van der Waals surface area contributed by atoms with E-state index < -0.39 is 5.91 Å². The molecule has 2 heterocycles. The lowest BCUT2D eigenvalue weighted by atomic mass is 10.1. The van der Waals surface area contributed by atoms with Crippen molar-refractivity contribution in [3.63, 3.8) is 0 Å². The molecule has 0 saturated heterocycles. The molecule has 3 rings (SSSR count). The molecule has 3 N–H and O–H groups in total. The average Bonchev–Trinajstić information content (AvgIpc) is 3.21. The molecule has 0 aliphatic carbocycles. The van der Waals surface area contributed by atoms with Crippen molar-refractivity contribution in [3.05, 3.63) is 60.0 Å². The first kappa shape index (κ1) is 13.6. The summed E-state index contributed by atoms with van der Waals surface area (Å²) in [6.07, 6.45) is 1.49. The zero-order chi connectivity index (χ0) is 15.5. The van der Waals surface area contributed by atoms with Crippen LogP contribution in [0.15, 0.2) is 53.1 Å². The van der Waals surface area contributed by atoms with E-state index in [9.17, 15) is 10.1 Å². The Bertz CT molecular complexity index is 844. The monoisotopic (exact) mass is 293 g/mol. The van der Waals surface area contributed by atoms with Gasteiger partial charge in [0, 0.05) is 0 Å². The minimum atomic E-state index is -0.640. The first-order chi connectivity index (χ1) is 10.8. The lowest BCUT2D eigenvalue weighted by Crippen LogP contribution is -2.31. The average molecular weight is 293 g/mol. The fraction of sp³-hybridized carbons (Fsp3) is 0. The highest BCUT2D eigenvalue weighted by Gasteiger charge is 2.25. The minimum Gasteiger partial charge on any atom is -0.463 e. The van der Waals surface area contributed by atoms with E-state index in [0.29, 0.717) is 17.1 Å². The molecule has 0 bridgehead atoms. The van der Waals surface area contributed by atoms with Crippen LogP contribution in [0, 0.1) is 11.3 Å². The largest absolute Gasteiger partial charge is 0.463 e. The Balaban J connectivity index is 2.32. The van der Waals surface area contributed by atoms with Crippen molar-refractivity contribution < 1.29 is 9.21 Å². The molecule has 2 aromatic heterocycles. The van der Waals surface area contributed by atoms with Gasteiger partial charge in [0.25, 0.3) is 5.91 Å². The van der Waals surface area contributed by atoms with Gasteiger partial charge in [-0.2, -0.15) is 10.4 Å². The van der Waals surface area contributed by atoms with Gasteiger partial charge in [0.1, 0.15) is 17.3 Å². The maximum atomic E-state index is 11.9. The molecule has 0 spiro atoms. The molecule has 108 valence electrons. The zero-order valence-electron chi connectivity index (χ0n) is 11.4. The summed E-state index contributed by atoms with van der Waals surface area (Å²) < 4.78 is 6.86. The number of nitrogen functional groups attached to an aromatic ring is 1. The Kier molecular flexibility index (Phi) is 3.43. The molecule has 1 aromatic carbocycles. The molecule has 22 heavy (non-hydrogen) atoms. The highest BCUT2D eigenvalue weighted by atomic mass is 16.3. The molecule has 7 nitrogen and oxygen atoms in total. The van der Waals surface area contributed by atoms with Crippen molar-refractivity contribution >= 4 is 5.91 Å². The maximum Gasteiger partial charge on any atom is 0.287 e. The summed E-state index contributed by atoms with van der Waals surface area (Å²) >= 11 is 0. The number of carbonyl (C=O) groups excluding carboxylic acids is 1. The second-order valence-corrected chi connectivity index (χ2v) is 4.38. The van der Waals surface area contributed by atoms with Crippen molar-refractivity contribution in [3.8, 4) is 23.2 Å². The fourth-order valence-corrected chi connectivity index (χ4v) is 2.15. The van der Waals surface area contributed by atoms with Gasteiger partial charge in [0.15, 0.2) is 11.5 Å². The van der Waals surface area contributed by atoms with Gasteiger partial charge in [-0.3, -0.25) is 10.2 Å². The van der Waals surface area contributed by atoms with Crippen LogP contribution in [0.1, 0.15) is 16.1 Å². The Hall–Kier alpha value is -3.37. The van der Waals surface area contributed by atoms with Gasteiger partial charge in [-0.25, -0.2) is 10.5 Å². The van der Waals surface area contributed by atoms with E-state index >= 15 is 0 Å². The van der Waals surface area contributed by atoms with Crippen LogP contribution in [0.2, 0.25) is 0 Å². The van der Waals surface area contributed by atoms with Crippen molar-refractivity contribution in [2.24, 2.45) is 5.84 Å². The number of rotatable bonds is 3. The number of hydrogen-bond donors (Lipinski definition) is 2. The number of hydrazine groups is 1. The summed E-state index contributed by atoms with van der Waals surface area (Å²) in [5.74, 6) is 4.96. The molecule has 0 radical (unpaired) electrons. The standard InChI is InChI=1S/C15H11N5O2/c16-9-11-13(15(21)18-17)19-20(10-5-2-1-3-6-10)14(11)12-7-4-8-22-12/h1-8H,17H2,(H,18,21). The number of nitriles is 1. The van der Waals surface area contributed by atoms with Gasteiger partial charge in [-0.1, -0.05) is 18.2 Å². The smallest absolute Gasteiger partial charge is 0.287 e. The lowest BCUT2D eigenvalue weighted by Gasteiger charge is -2.05. The van der Waals surface area contributed by atoms with Gasteiger partial charge in [-0.15, -0.1) is 0 Å².